The first-order valence-electron chi connectivity index (χ1n) is 8.21. The fraction of sp³-hybridized carbons (Fsp3) is 0.471. The molecule has 1 rings (SSSR count). The highest BCUT2D eigenvalue weighted by Gasteiger charge is 2.10. The molecule has 0 aliphatic carbocycles. The van der Waals surface area contributed by atoms with Crippen molar-refractivity contribution in [1.82, 2.24) is 10.9 Å². The Morgan fingerprint density at radius 1 is 1.04 bits per heavy atom. The molecule has 144 valence electrons. The van der Waals surface area contributed by atoms with Gasteiger partial charge in [0.1, 0.15) is 17.2 Å². The normalized spacial score (nSPS) is 10.6. The zero-order chi connectivity index (χ0) is 19.4. The molecule has 0 fully saturated rings. The van der Waals surface area contributed by atoms with Crippen molar-refractivity contribution in [3.05, 3.63) is 17.7 Å². The van der Waals surface area contributed by atoms with Gasteiger partial charge >= 0.3 is 0 Å². The molecule has 0 saturated carbocycles. The highest BCUT2D eigenvalue weighted by Crippen LogP contribution is 2.31. The first kappa shape index (κ1) is 21.2. The molecule has 0 heterocycles. The molecule has 0 aliphatic rings. The number of hydrazone groups is 1. The van der Waals surface area contributed by atoms with Crippen LogP contribution in [-0.2, 0) is 9.59 Å². The molecule has 0 aromatic heterocycles. The summed E-state index contributed by atoms with van der Waals surface area (Å²) in [6, 6.07) is 2.84. The lowest BCUT2D eigenvalue weighted by Gasteiger charge is -2.10. The van der Waals surface area contributed by atoms with Crippen LogP contribution >= 0.6 is 0 Å². The van der Waals surface area contributed by atoms with Gasteiger partial charge in [-0.2, -0.15) is 5.10 Å². The highest BCUT2D eigenvalue weighted by atomic mass is 16.5. The Labute approximate surface area is 152 Å². The van der Waals surface area contributed by atoms with Crippen molar-refractivity contribution in [2.75, 3.05) is 14.2 Å². The quantitative estimate of drug-likeness (QED) is 0.204. The molecule has 26 heavy (non-hydrogen) atoms. The maximum Gasteiger partial charge on any atom is 0.243 e. The predicted octanol–water partition coefficient (Wildman–Crippen LogP) is 1.71. The molecule has 0 atom stereocenters. The number of carbonyl (C=O) groups excluding carboxylic acids is 2. The summed E-state index contributed by atoms with van der Waals surface area (Å²) in [6.45, 7) is 0. The number of hydrogen-bond donors (Lipinski definition) is 4. The molecule has 0 spiro atoms. The minimum Gasteiger partial charge on any atom is -0.508 e. The van der Waals surface area contributed by atoms with E-state index in [1.807, 2.05) is 0 Å². The molecule has 9 heteroatoms. The van der Waals surface area contributed by atoms with Gasteiger partial charge in [0.2, 0.25) is 11.8 Å². The number of unbranched alkanes of at least 4 members (excludes halogenated alkanes) is 3. The largest absolute Gasteiger partial charge is 0.508 e. The standard InChI is InChI=1S/C17H25N3O6/c1-25-14-9-12(21)10-15(26-2)13(14)11-18-19-16(22)7-5-3-4-6-8-17(23)20-24/h9-11,21,24H,3-8H2,1-2H3,(H,19,22)(H,20,23)/b18-11+. The third-order valence-corrected chi connectivity index (χ3v) is 3.59. The second-order valence-electron chi connectivity index (χ2n) is 5.51. The Bertz CT molecular complexity index is 608. The average Bonchev–Trinajstić information content (AvgIpc) is 2.64. The molecule has 1 aromatic rings. The SMILES string of the molecule is COc1cc(O)cc(OC)c1/C=N/NC(=O)CCCCCCC(=O)NO. The maximum atomic E-state index is 11.8. The Hall–Kier alpha value is -2.81. The maximum absolute atomic E-state index is 11.8. The lowest BCUT2D eigenvalue weighted by Crippen LogP contribution is -2.18. The van der Waals surface area contributed by atoms with E-state index in [4.69, 9.17) is 14.7 Å². The van der Waals surface area contributed by atoms with Crippen LogP contribution in [0.3, 0.4) is 0 Å². The molecule has 0 unspecified atom stereocenters. The van der Waals surface area contributed by atoms with Crippen LogP contribution in [0.1, 0.15) is 44.1 Å². The number of phenols is 1. The van der Waals surface area contributed by atoms with E-state index in [1.165, 1.54) is 32.6 Å². The number of amides is 2. The predicted molar refractivity (Wildman–Crippen MR) is 94.6 cm³/mol. The summed E-state index contributed by atoms with van der Waals surface area (Å²) < 4.78 is 10.3. The van der Waals surface area contributed by atoms with Gasteiger partial charge in [-0.25, -0.2) is 10.9 Å². The number of nitrogens with one attached hydrogen (secondary N) is 2. The van der Waals surface area contributed by atoms with Gasteiger partial charge in [0.15, 0.2) is 0 Å². The minimum atomic E-state index is -0.405. The summed E-state index contributed by atoms with van der Waals surface area (Å²) in [5, 5.41) is 21.8. The monoisotopic (exact) mass is 367 g/mol. The first-order valence-corrected chi connectivity index (χ1v) is 8.21. The van der Waals surface area contributed by atoms with Crippen molar-refractivity contribution in [1.29, 1.82) is 0 Å². The summed E-state index contributed by atoms with van der Waals surface area (Å²) in [6.07, 6.45) is 4.90. The van der Waals surface area contributed by atoms with Gasteiger partial charge in [0, 0.05) is 25.0 Å². The lowest BCUT2D eigenvalue weighted by molar-refractivity contribution is -0.129. The molecule has 0 saturated heterocycles. The summed E-state index contributed by atoms with van der Waals surface area (Å²) in [5.74, 6) is 0.0955. The molecule has 4 N–H and O–H groups in total. The average molecular weight is 367 g/mol. The Morgan fingerprint density at radius 2 is 1.58 bits per heavy atom. The summed E-state index contributed by atoms with van der Waals surface area (Å²) in [4.78, 5) is 22.6. The smallest absolute Gasteiger partial charge is 0.243 e. The van der Waals surface area contributed by atoms with Gasteiger partial charge in [-0.1, -0.05) is 12.8 Å². The molecule has 1 aromatic carbocycles. The van der Waals surface area contributed by atoms with Crippen LogP contribution in [0.4, 0.5) is 0 Å². The van der Waals surface area contributed by atoms with E-state index in [9.17, 15) is 14.7 Å². The van der Waals surface area contributed by atoms with Crippen LogP contribution < -0.4 is 20.4 Å². The molecule has 0 radical (unpaired) electrons. The molecule has 2 amide bonds. The van der Waals surface area contributed by atoms with E-state index in [2.05, 4.69) is 10.5 Å². The third kappa shape index (κ3) is 7.39. The molecular weight excluding hydrogens is 342 g/mol. The number of hydrogen-bond acceptors (Lipinski definition) is 7. The van der Waals surface area contributed by atoms with Crippen molar-refractivity contribution >= 4 is 18.0 Å². The first-order chi connectivity index (χ1) is 12.5. The number of hydroxylamine groups is 1. The lowest BCUT2D eigenvalue weighted by atomic mass is 10.1. The van der Waals surface area contributed by atoms with E-state index >= 15 is 0 Å². The van der Waals surface area contributed by atoms with Gasteiger partial charge in [0.05, 0.1) is 26.0 Å². The van der Waals surface area contributed by atoms with Gasteiger partial charge < -0.3 is 14.6 Å². The van der Waals surface area contributed by atoms with Crippen LogP contribution in [-0.4, -0.2) is 42.6 Å². The van der Waals surface area contributed by atoms with Crippen LogP contribution in [0.15, 0.2) is 17.2 Å². The summed E-state index contributed by atoms with van der Waals surface area (Å²) in [7, 11) is 2.91. The third-order valence-electron chi connectivity index (χ3n) is 3.59. The number of benzene rings is 1. The van der Waals surface area contributed by atoms with Gasteiger partial charge in [-0.3, -0.25) is 14.8 Å². The molecule has 0 bridgehead atoms. The fourth-order valence-corrected chi connectivity index (χ4v) is 2.26. The van der Waals surface area contributed by atoms with Crippen LogP contribution in [0.2, 0.25) is 0 Å². The Morgan fingerprint density at radius 3 is 2.08 bits per heavy atom. The number of aromatic hydroxyl groups is 1. The van der Waals surface area contributed by atoms with Gasteiger partial charge in [-0.05, 0) is 12.8 Å². The van der Waals surface area contributed by atoms with E-state index in [0.29, 0.717) is 36.3 Å². The second-order valence-corrected chi connectivity index (χ2v) is 5.51. The number of ether oxygens (including phenoxy) is 2. The van der Waals surface area contributed by atoms with Crippen molar-refractivity contribution in [2.45, 2.75) is 38.5 Å². The zero-order valence-corrected chi connectivity index (χ0v) is 14.9. The van der Waals surface area contributed by atoms with Gasteiger partial charge in [-0.15, -0.1) is 0 Å². The molecular formula is C17H25N3O6. The van der Waals surface area contributed by atoms with E-state index < -0.39 is 5.91 Å². The van der Waals surface area contributed by atoms with Crippen molar-refractivity contribution in [3.8, 4) is 17.2 Å². The number of nitrogens with zero attached hydrogens (tertiary/aromatic N) is 1. The molecule has 0 aliphatic heterocycles. The number of carbonyl (C=O) groups is 2. The summed E-state index contributed by atoms with van der Waals surface area (Å²) >= 11 is 0. The summed E-state index contributed by atoms with van der Waals surface area (Å²) in [5.41, 5.74) is 4.50. The van der Waals surface area contributed by atoms with E-state index in [0.717, 1.165) is 12.8 Å². The molecule has 9 nitrogen and oxygen atoms in total. The minimum absolute atomic E-state index is 0.00337. The highest BCUT2D eigenvalue weighted by molar-refractivity contribution is 5.89. The number of phenolic OH excluding ortho intramolecular Hbond substituents is 1. The number of methoxy groups -OCH3 is 2. The van der Waals surface area contributed by atoms with Crippen molar-refractivity contribution in [2.24, 2.45) is 5.10 Å². The second kappa shape index (κ2) is 11.7. The van der Waals surface area contributed by atoms with Crippen LogP contribution in [0, 0.1) is 0 Å². The van der Waals surface area contributed by atoms with E-state index in [-0.39, 0.29) is 18.1 Å². The van der Waals surface area contributed by atoms with Gasteiger partial charge in [0.25, 0.3) is 0 Å². The fourth-order valence-electron chi connectivity index (χ4n) is 2.26. The number of rotatable bonds is 11. The van der Waals surface area contributed by atoms with Crippen molar-refractivity contribution in [3.63, 3.8) is 0 Å². The Balaban J connectivity index is 2.40. The zero-order valence-electron chi connectivity index (χ0n) is 14.9. The van der Waals surface area contributed by atoms with Crippen LogP contribution in [0.25, 0.3) is 0 Å². The van der Waals surface area contributed by atoms with E-state index in [1.54, 1.807) is 5.48 Å². The topological polar surface area (TPSA) is 129 Å². The van der Waals surface area contributed by atoms with Crippen molar-refractivity contribution < 1.29 is 29.4 Å². The Kier molecular flexibility index (Phi) is 9.55. The van der Waals surface area contributed by atoms with Crippen LogP contribution in [0.5, 0.6) is 17.2 Å².